The Kier molecular flexibility index (Phi) is 8.59. The maximum absolute atomic E-state index is 11.2. The molecule has 0 aromatic rings. The predicted octanol–water partition coefficient (Wildman–Crippen LogP) is 0.387. The summed E-state index contributed by atoms with van der Waals surface area (Å²) in [5.41, 5.74) is 0. The summed E-state index contributed by atoms with van der Waals surface area (Å²) in [5, 5.41) is 5.91. The maximum Gasteiger partial charge on any atom is 0.222 e. The summed E-state index contributed by atoms with van der Waals surface area (Å²) in [6.07, 6.45) is 5.48. The molecule has 4 heteroatoms. The van der Waals surface area contributed by atoms with Crippen LogP contribution in [0.3, 0.4) is 0 Å². The van der Waals surface area contributed by atoms with Gasteiger partial charge in [-0.25, -0.2) is 0 Å². The average Bonchev–Trinajstić information content (AvgIpc) is 2.25. The normalized spacial score (nSPS) is 12.2. The highest BCUT2D eigenvalue weighted by Crippen LogP contribution is 2.01. The molecule has 0 radical (unpaired) electrons. The van der Waals surface area contributed by atoms with Gasteiger partial charge in [-0.1, -0.05) is 19.8 Å². The molecular weight excluding hydrogens is 204 g/mol. The molecule has 0 rings (SSSR count). The van der Waals surface area contributed by atoms with Gasteiger partial charge in [0.15, 0.2) is 0 Å². The fraction of sp³-hybridized carbons (Fsp3) is 0.750. The molecule has 1 amide bonds. The Labute approximate surface area is 98.1 Å². The molecule has 0 heterocycles. The van der Waals surface area contributed by atoms with E-state index in [1.165, 1.54) is 0 Å². The summed E-state index contributed by atoms with van der Waals surface area (Å²) in [6.45, 7) is 5.83. The Morgan fingerprint density at radius 3 is 2.69 bits per heavy atom. The first-order valence-electron chi connectivity index (χ1n) is 5.54. The first-order chi connectivity index (χ1) is 7.61. The van der Waals surface area contributed by atoms with Crippen molar-refractivity contribution >= 4 is 5.91 Å². The number of methoxy groups -OCH3 is 1. The standard InChI is InChI=1S/C12H22N2O2/c1-5-7-14-12(15)6-8-13-11(9-16-4)10(2)3/h1,10-11,13H,6-9H2,2-4H3,(H,14,15). The molecular formula is C12H22N2O2. The number of nitrogens with one attached hydrogen (secondary N) is 2. The molecule has 0 saturated heterocycles. The highest BCUT2D eigenvalue weighted by Gasteiger charge is 2.12. The van der Waals surface area contributed by atoms with Gasteiger partial charge in [0.05, 0.1) is 13.2 Å². The zero-order valence-electron chi connectivity index (χ0n) is 10.4. The van der Waals surface area contributed by atoms with Crippen LogP contribution >= 0.6 is 0 Å². The fourth-order valence-electron chi connectivity index (χ4n) is 1.28. The van der Waals surface area contributed by atoms with E-state index in [-0.39, 0.29) is 11.9 Å². The predicted molar refractivity (Wildman–Crippen MR) is 65.0 cm³/mol. The lowest BCUT2D eigenvalue weighted by Crippen LogP contribution is -2.39. The van der Waals surface area contributed by atoms with Crippen LogP contribution in [0.4, 0.5) is 0 Å². The molecule has 2 N–H and O–H groups in total. The SMILES string of the molecule is C#CCNC(=O)CCNC(COC)C(C)C. The lowest BCUT2D eigenvalue weighted by Gasteiger charge is -2.21. The largest absolute Gasteiger partial charge is 0.383 e. The number of terminal acetylenes is 1. The summed E-state index contributed by atoms with van der Waals surface area (Å²) in [6, 6.07) is 0.283. The van der Waals surface area contributed by atoms with Crippen molar-refractivity contribution in [2.45, 2.75) is 26.3 Å². The molecule has 4 nitrogen and oxygen atoms in total. The van der Waals surface area contributed by atoms with E-state index in [0.29, 0.717) is 32.0 Å². The highest BCUT2D eigenvalue weighted by molar-refractivity contribution is 5.76. The summed E-state index contributed by atoms with van der Waals surface area (Å²) in [7, 11) is 1.68. The van der Waals surface area contributed by atoms with Crippen LogP contribution in [0.2, 0.25) is 0 Å². The molecule has 0 spiro atoms. The molecule has 0 aromatic heterocycles. The number of hydrogen-bond acceptors (Lipinski definition) is 3. The van der Waals surface area contributed by atoms with Crippen LogP contribution in [-0.2, 0) is 9.53 Å². The lowest BCUT2D eigenvalue weighted by molar-refractivity contribution is -0.120. The van der Waals surface area contributed by atoms with E-state index in [4.69, 9.17) is 11.2 Å². The van der Waals surface area contributed by atoms with Crippen LogP contribution in [0.1, 0.15) is 20.3 Å². The van der Waals surface area contributed by atoms with Gasteiger partial charge in [0.1, 0.15) is 0 Å². The molecule has 0 bridgehead atoms. The minimum Gasteiger partial charge on any atom is -0.383 e. The van der Waals surface area contributed by atoms with Crippen molar-refractivity contribution in [3.05, 3.63) is 0 Å². The second kappa shape index (κ2) is 9.20. The monoisotopic (exact) mass is 226 g/mol. The van der Waals surface area contributed by atoms with E-state index in [1.807, 2.05) is 0 Å². The van der Waals surface area contributed by atoms with Crippen LogP contribution < -0.4 is 10.6 Å². The van der Waals surface area contributed by atoms with Gasteiger partial charge in [-0.3, -0.25) is 4.79 Å². The molecule has 1 atom stereocenters. The molecule has 0 fully saturated rings. The van der Waals surface area contributed by atoms with E-state index in [1.54, 1.807) is 7.11 Å². The zero-order valence-corrected chi connectivity index (χ0v) is 10.4. The molecule has 0 aliphatic carbocycles. The molecule has 0 saturated carbocycles. The van der Waals surface area contributed by atoms with Crippen molar-refractivity contribution in [1.29, 1.82) is 0 Å². The minimum absolute atomic E-state index is 0.0228. The topological polar surface area (TPSA) is 50.4 Å². The van der Waals surface area contributed by atoms with Gasteiger partial charge in [0.25, 0.3) is 0 Å². The third-order valence-corrected chi connectivity index (χ3v) is 2.30. The Morgan fingerprint density at radius 1 is 1.50 bits per heavy atom. The first-order valence-corrected chi connectivity index (χ1v) is 5.54. The van der Waals surface area contributed by atoms with E-state index < -0.39 is 0 Å². The Bertz CT molecular complexity index is 234. The minimum atomic E-state index is -0.0228. The van der Waals surface area contributed by atoms with Crippen LogP contribution in [-0.4, -0.2) is 38.8 Å². The quantitative estimate of drug-likeness (QED) is 0.589. The van der Waals surface area contributed by atoms with Crippen molar-refractivity contribution in [1.82, 2.24) is 10.6 Å². The second-order valence-corrected chi connectivity index (χ2v) is 3.99. The Morgan fingerprint density at radius 2 is 2.19 bits per heavy atom. The van der Waals surface area contributed by atoms with E-state index in [0.717, 1.165) is 0 Å². The number of hydrogen-bond donors (Lipinski definition) is 2. The van der Waals surface area contributed by atoms with Crippen LogP contribution in [0.15, 0.2) is 0 Å². The second-order valence-electron chi connectivity index (χ2n) is 3.99. The van der Waals surface area contributed by atoms with Crippen molar-refractivity contribution in [3.63, 3.8) is 0 Å². The smallest absolute Gasteiger partial charge is 0.222 e. The fourth-order valence-corrected chi connectivity index (χ4v) is 1.28. The van der Waals surface area contributed by atoms with Crippen LogP contribution in [0.5, 0.6) is 0 Å². The zero-order chi connectivity index (χ0) is 12.4. The summed E-state index contributed by atoms with van der Waals surface area (Å²) in [4.78, 5) is 11.2. The van der Waals surface area contributed by atoms with Crippen molar-refractivity contribution in [2.75, 3.05) is 26.8 Å². The maximum atomic E-state index is 11.2. The van der Waals surface area contributed by atoms with Gasteiger partial charge < -0.3 is 15.4 Å². The third kappa shape index (κ3) is 7.27. The van der Waals surface area contributed by atoms with Gasteiger partial charge >= 0.3 is 0 Å². The first kappa shape index (κ1) is 14.9. The third-order valence-electron chi connectivity index (χ3n) is 2.30. The van der Waals surface area contributed by atoms with Crippen LogP contribution in [0.25, 0.3) is 0 Å². The van der Waals surface area contributed by atoms with Gasteiger partial charge in [-0.05, 0) is 5.92 Å². The van der Waals surface area contributed by atoms with E-state index >= 15 is 0 Å². The number of ether oxygens (including phenoxy) is 1. The number of carbonyl (C=O) groups is 1. The molecule has 0 aliphatic rings. The van der Waals surface area contributed by atoms with Crippen molar-refractivity contribution in [2.24, 2.45) is 5.92 Å². The molecule has 16 heavy (non-hydrogen) atoms. The Balaban J connectivity index is 3.69. The lowest BCUT2D eigenvalue weighted by atomic mass is 10.1. The molecule has 1 unspecified atom stereocenters. The van der Waals surface area contributed by atoms with Gasteiger partial charge in [-0.2, -0.15) is 0 Å². The summed E-state index contributed by atoms with van der Waals surface area (Å²) >= 11 is 0. The van der Waals surface area contributed by atoms with E-state index in [2.05, 4.69) is 30.4 Å². The highest BCUT2D eigenvalue weighted by atomic mass is 16.5. The molecule has 92 valence electrons. The number of rotatable bonds is 8. The summed E-state index contributed by atoms with van der Waals surface area (Å²) in [5.74, 6) is 2.82. The number of amides is 1. The van der Waals surface area contributed by atoms with Crippen molar-refractivity contribution < 1.29 is 9.53 Å². The molecule has 0 aromatic carbocycles. The Hall–Kier alpha value is -1.05. The van der Waals surface area contributed by atoms with E-state index in [9.17, 15) is 4.79 Å². The molecule has 0 aliphatic heterocycles. The van der Waals surface area contributed by atoms with Gasteiger partial charge in [0.2, 0.25) is 5.91 Å². The van der Waals surface area contributed by atoms with Crippen molar-refractivity contribution in [3.8, 4) is 12.3 Å². The van der Waals surface area contributed by atoms with Gasteiger partial charge in [0, 0.05) is 26.1 Å². The number of carbonyl (C=O) groups excluding carboxylic acids is 1. The summed E-state index contributed by atoms with van der Waals surface area (Å²) < 4.78 is 5.10. The van der Waals surface area contributed by atoms with Crippen LogP contribution in [0, 0.1) is 18.3 Å². The average molecular weight is 226 g/mol. The van der Waals surface area contributed by atoms with Gasteiger partial charge in [-0.15, -0.1) is 6.42 Å².